The van der Waals surface area contributed by atoms with Gasteiger partial charge in [0.15, 0.2) is 11.6 Å². The standard InChI is InChI=1S/C31H31F3/c1-3-5-7-21-8-10-22(11-9-21)26-17-18-27(29(32)20-26)23-12-14-24(15-13-23)28-19-16-25(6-4-2)30(33)31(28)34/h3,10,12-21H,1,4-9,11H2,2H3. The van der Waals surface area contributed by atoms with Gasteiger partial charge < -0.3 is 0 Å². The number of halogens is 3. The molecule has 0 N–H and O–H groups in total. The van der Waals surface area contributed by atoms with Crippen molar-refractivity contribution < 1.29 is 13.2 Å². The van der Waals surface area contributed by atoms with Gasteiger partial charge in [-0.3, -0.25) is 0 Å². The first-order valence-corrected chi connectivity index (χ1v) is 12.2. The average Bonchev–Trinajstić information content (AvgIpc) is 2.86. The van der Waals surface area contributed by atoms with Crippen LogP contribution in [0.3, 0.4) is 0 Å². The van der Waals surface area contributed by atoms with Crippen molar-refractivity contribution in [3.8, 4) is 22.3 Å². The van der Waals surface area contributed by atoms with E-state index in [0.29, 0.717) is 34.6 Å². The van der Waals surface area contributed by atoms with Gasteiger partial charge in [-0.05, 0) is 78.3 Å². The first-order chi connectivity index (χ1) is 16.5. The maximum atomic E-state index is 15.0. The van der Waals surface area contributed by atoms with E-state index in [9.17, 15) is 8.78 Å². The summed E-state index contributed by atoms with van der Waals surface area (Å²) in [5.74, 6) is -1.21. The summed E-state index contributed by atoms with van der Waals surface area (Å²) in [5, 5.41) is 0. The predicted octanol–water partition coefficient (Wildman–Crippen LogP) is 9.54. The van der Waals surface area contributed by atoms with Gasteiger partial charge in [0.05, 0.1) is 0 Å². The summed E-state index contributed by atoms with van der Waals surface area (Å²) >= 11 is 0. The summed E-state index contributed by atoms with van der Waals surface area (Å²) in [7, 11) is 0. The summed E-state index contributed by atoms with van der Waals surface area (Å²) in [5.41, 5.74) is 4.53. The van der Waals surface area contributed by atoms with Gasteiger partial charge in [-0.2, -0.15) is 0 Å². The zero-order chi connectivity index (χ0) is 24.1. The van der Waals surface area contributed by atoms with Crippen LogP contribution in [0.15, 0.2) is 73.3 Å². The van der Waals surface area contributed by atoms with Crippen molar-refractivity contribution in [2.24, 2.45) is 5.92 Å². The second kappa shape index (κ2) is 10.9. The first-order valence-electron chi connectivity index (χ1n) is 12.2. The van der Waals surface area contributed by atoms with E-state index in [1.54, 1.807) is 42.5 Å². The molecule has 0 heterocycles. The molecule has 0 aromatic heterocycles. The second-order valence-corrected chi connectivity index (χ2v) is 9.16. The van der Waals surface area contributed by atoms with Crippen LogP contribution in [0.1, 0.15) is 56.6 Å². The SMILES string of the molecule is C=CCCC1CC=C(c2ccc(-c3ccc(-c4ccc(CCC)c(F)c4F)cc3)c(F)c2)CC1. The molecule has 3 aromatic carbocycles. The lowest BCUT2D eigenvalue weighted by atomic mass is 9.84. The molecule has 1 atom stereocenters. The highest BCUT2D eigenvalue weighted by molar-refractivity contribution is 5.74. The van der Waals surface area contributed by atoms with Crippen molar-refractivity contribution in [2.75, 3.05) is 0 Å². The van der Waals surface area contributed by atoms with Gasteiger partial charge in [0.25, 0.3) is 0 Å². The Kier molecular flexibility index (Phi) is 7.72. The third-order valence-electron chi connectivity index (χ3n) is 6.83. The zero-order valence-corrected chi connectivity index (χ0v) is 19.7. The summed E-state index contributed by atoms with van der Waals surface area (Å²) in [6, 6.07) is 15.6. The van der Waals surface area contributed by atoms with Gasteiger partial charge in [0.1, 0.15) is 5.82 Å². The molecule has 176 valence electrons. The molecule has 3 heteroatoms. The Morgan fingerprint density at radius 1 is 0.882 bits per heavy atom. The van der Waals surface area contributed by atoms with Crippen molar-refractivity contribution in [3.63, 3.8) is 0 Å². The fourth-order valence-corrected chi connectivity index (χ4v) is 4.82. The van der Waals surface area contributed by atoms with E-state index >= 15 is 4.39 Å². The van der Waals surface area contributed by atoms with Crippen molar-refractivity contribution in [3.05, 3.63) is 102 Å². The summed E-state index contributed by atoms with van der Waals surface area (Å²) < 4.78 is 44.0. The second-order valence-electron chi connectivity index (χ2n) is 9.16. The van der Waals surface area contributed by atoms with E-state index in [4.69, 9.17) is 0 Å². The topological polar surface area (TPSA) is 0 Å². The quantitative estimate of drug-likeness (QED) is 0.294. The number of hydrogen-bond acceptors (Lipinski definition) is 0. The molecule has 0 aliphatic heterocycles. The highest BCUT2D eigenvalue weighted by atomic mass is 19.2. The molecule has 0 saturated carbocycles. The molecule has 0 spiro atoms. The molecule has 1 unspecified atom stereocenters. The first kappa shape index (κ1) is 24.1. The van der Waals surface area contributed by atoms with Gasteiger partial charge in [-0.1, -0.05) is 74.0 Å². The van der Waals surface area contributed by atoms with Crippen LogP contribution in [0, 0.1) is 23.4 Å². The van der Waals surface area contributed by atoms with Crippen molar-refractivity contribution in [1.82, 2.24) is 0 Å². The number of benzene rings is 3. The molecular formula is C31H31F3. The van der Waals surface area contributed by atoms with E-state index < -0.39 is 11.6 Å². The van der Waals surface area contributed by atoms with Gasteiger partial charge >= 0.3 is 0 Å². The summed E-state index contributed by atoms with van der Waals surface area (Å²) in [6.45, 7) is 5.73. The van der Waals surface area contributed by atoms with Crippen LogP contribution in [0.25, 0.3) is 27.8 Å². The lowest BCUT2D eigenvalue weighted by molar-refractivity contribution is 0.454. The van der Waals surface area contributed by atoms with E-state index in [2.05, 4.69) is 12.7 Å². The Hall–Kier alpha value is -3.07. The van der Waals surface area contributed by atoms with Crippen LogP contribution in [0.2, 0.25) is 0 Å². The lowest BCUT2D eigenvalue weighted by Crippen LogP contribution is -2.05. The number of aryl methyl sites for hydroxylation is 1. The number of rotatable bonds is 8. The van der Waals surface area contributed by atoms with E-state index in [-0.39, 0.29) is 11.4 Å². The zero-order valence-electron chi connectivity index (χ0n) is 19.7. The van der Waals surface area contributed by atoms with Crippen LogP contribution in [0.5, 0.6) is 0 Å². The Morgan fingerprint density at radius 3 is 2.18 bits per heavy atom. The molecule has 3 aromatic rings. The normalized spacial score (nSPS) is 15.8. The van der Waals surface area contributed by atoms with Gasteiger partial charge in [0.2, 0.25) is 0 Å². The van der Waals surface area contributed by atoms with Crippen LogP contribution in [-0.4, -0.2) is 0 Å². The smallest absolute Gasteiger partial charge is 0.166 e. The molecule has 0 saturated heterocycles. The molecular weight excluding hydrogens is 429 g/mol. The van der Waals surface area contributed by atoms with E-state index in [1.807, 2.05) is 25.1 Å². The molecule has 34 heavy (non-hydrogen) atoms. The molecule has 1 aliphatic rings. The van der Waals surface area contributed by atoms with Crippen LogP contribution in [0.4, 0.5) is 13.2 Å². The summed E-state index contributed by atoms with van der Waals surface area (Å²) in [4.78, 5) is 0. The van der Waals surface area contributed by atoms with Crippen LogP contribution >= 0.6 is 0 Å². The highest BCUT2D eigenvalue weighted by Crippen LogP contribution is 2.35. The van der Waals surface area contributed by atoms with E-state index in [0.717, 1.165) is 44.1 Å². The monoisotopic (exact) mass is 460 g/mol. The third-order valence-corrected chi connectivity index (χ3v) is 6.83. The Labute approximate surface area is 200 Å². The van der Waals surface area contributed by atoms with Crippen LogP contribution < -0.4 is 0 Å². The molecule has 0 bridgehead atoms. The molecule has 0 radical (unpaired) electrons. The minimum Gasteiger partial charge on any atom is -0.206 e. The highest BCUT2D eigenvalue weighted by Gasteiger charge is 2.17. The Morgan fingerprint density at radius 2 is 1.56 bits per heavy atom. The van der Waals surface area contributed by atoms with Gasteiger partial charge in [0, 0.05) is 11.1 Å². The fourth-order valence-electron chi connectivity index (χ4n) is 4.82. The van der Waals surface area contributed by atoms with Crippen molar-refractivity contribution >= 4 is 5.57 Å². The molecule has 0 nitrogen and oxygen atoms in total. The van der Waals surface area contributed by atoms with Gasteiger partial charge in [-0.25, -0.2) is 13.2 Å². The average molecular weight is 461 g/mol. The minimum absolute atomic E-state index is 0.218. The van der Waals surface area contributed by atoms with Crippen LogP contribution in [-0.2, 0) is 6.42 Å². The summed E-state index contributed by atoms with van der Waals surface area (Å²) in [6.07, 6.45) is 10.8. The van der Waals surface area contributed by atoms with E-state index in [1.165, 1.54) is 5.57 Å². The Bertz CT molecular complexity index is 1190. The van der Waals surface area contributed by atoms with Crippen molar-refractivity contribution in [2.45, 2.75) is 51.9 Å². The molecule has 4 rings (SSSR count). The maximum Gasteiger partial charge on any atom is 0.166 e. The Balaban J connectivity index is 1.52. The number of allylic oxidation sites excluding steroid dienone is 3. The molecule has 1 aliphatic carbocycles. The van der Waals surface area contributed by atoms with Gasteiger partial charge in [-0.15, -0.1) is 6.58 Å². The predicted molar refractivity (Wildman–Crippen MR) is 136 cm³/mol. The molecule has 0 amide bonds. The number of hydrogen-bond donors (Lipinski definition) is 0. The van der Waals surface area contributed by atoms with Crippen molar-refractivity contribution in [1.29, 1.82) is 0 Å². The largest absolute Gasteiger partial charge is 0.206 e. The third kappa shape index (κ3) is 5.19. The lowest BCUT2D eigenvalue weighted by Gasteiger charge is -2.22. The fraction of sp³-hybridized carbons (Fsp3) is 0.290. The maximum absolute atomic E-state index is 15.0. The molecule has 0 fully saturated rings. The minimum atomic E-state index is -0.832.